The van der Waals surface area contributed by atoms with Gasteiger partial charge in [0.25, 0.3) is 0 Å². The van der Waals surface area contributed by atoms with Crippen LogP contribution >= 0.6 is 23.2 Å². The van der Waals surface area contributed by atoms with E-state index in [9.17, 15) is 5.11 Å². The summed E-state index contributed by atoms with van der Waals surface area (Å²) in [6, 6.07) is 12.5. The Labute approximate surface area is 128 Å². The molecule has 20 heavy (non-hydrogen) atoms. The molecule has 0 saturated carbocycles. The van der Waals surface area contributed by atoms with Crippen LogP contribution in [0.1, 0.15) is 11.7 Å². The fourth-order valence-electron chi connectivity index (χ4n) is 1.83. The molecule has 0 bridgehead atoms. The third-order valence-corrected chi connectivity index (χ3v) is 3.60. The van der Waals surface area contributed by atoms with Crippen LogP contribution in [0.3, 0.4) is 0 Å². The van der Waals surface area contributed by atoms with Crippen molar-refractivity contribution in [2.45, 2.75) is 6.10 Å². The molecule has 0 radical (unpaired) electrons. The third kappa shape index (κ3) is 3.57. The van der Waals surface area contributed by atoms with Crippen molar-refractivity contribution in [2.24, 2.45) is 0 Å². The molecule has 0 saturated heterocycles. The van der Waals surface area contributed by atoms with Gasteiger partial charge in [-0.3, -0.25) is 0 Å². The Bertz CT molecular complexity index is 590. The molecule has 1 atom stereocenters. The number of rotatable bonds is 5. The average Bonchev–Trinajstić information content (AvgIpc) is 2.46. The van der Waals surface area contributed by atoms with Crippen molar-refractivity contribution in [1.29, 1.82) is 0 Å². The molecule has 0 heterocycles. The van der Waals surface area contributed by atoms with Gasteiger partial charge >= 0.3 is 0 Å². The highest BCUT2D eigenvalue weighted by Gasteiger charge is 2.11. The summed E-state index contributed by atoms with van der Waals surface area (Å²) in [5, 5.41) is 14.4. The summed E-state index contributed by atoms with van der Waals surface area (Å²) in [5.74, 6) is 0.698. The molecule has 2 rings (SSSR count). The van der Waals surface area contributed by atoms with E-state index in [-0.39, 0.29) is 0 Å². The van der Waals surface area contributed by atoms with Crippen molar-refractivity contribution in [3.8, 4) is 5.75 Å². The molecular weight excluding hydrogens is 297 g/mol. The highest BCUT2D eigenvalue weighted by Crippen LogP contribution is 2.28. The number of nitrogens with one attached hydrogen (secondary N) is 1. The minimum atomic E-state index is -0.717. The first-order valence-corrected chi connectivity index (χ1v) is 6.87. The minimum Gasteiger partial charge on any atom is -0.497 e. The molecule has 0 amide bonds. The Hall–Kier alpha value is -1.42. The first-order chi connectivity index (χ1) is 9.61. The fraction of sp³-hybridized carbons (Fsp3) is 0.200. The topological polar surface area (TPSA) is 41.5 Å². The van der Waals surface area contributed by atoms with Crippen LogP contribution < -0.4 is 10.1 Å². The number of methoxy groups -OCH3 is 1. The van der Waals surface area contributed by atoms with Gasteiger partial charge in [-0.25, -0.2) is 0 Å². The summed E-state index contributed by atoms with van der Waals surface area (Å²) in [5.41, 5.74) is 1.39. The average molecular weight is 312 g/mol. The molecule has 0 fully saturated rings. The lowest BCUT2D eigenvalue weighted by molar-refractivity contribution is 0.191. The molecule has 0 aromatic heterocycles. The SMILES string of the molecule is COc1ccc(Cl)c(NCC(O)c2ccccc2Cl)c1. The number of hydrogen-bond acceptors (Lipinski definition) is 3. The maximum Gasteiger partial charge on any atom is 0.121 e. The second-order valence-electron chi connectivity index (χ2n) is 4.26. The van der Waals surface area contributed by atoms with Crippen molar-refractivity contribution < 1.29 is 9.84 Å². The van der Waals surface area contributed by atoms with Crippen molar-refractivity contribution >= 4 is 28.9 Å². The van der Waals surface area contributed by atoms with Gasteiger partial charge in [-0.15, -0.1) is 0 Å². The zero-order chi connectivity index (χ0) is 14.5. The molecule has 1 unspecified atom stereocenters. The van der Waals surface area contributed by atoms with E-state index in [2.05, 4.69) is 5.32 Å². The molecule has 5 heteroatoms. The van der Waals surface area contributed by atoms with Crippen LogP contribution in [0.4, 0.5) is 5.69 Å². The Morgan fingerprint density at radius 1 is 1.15 bits per heavy atom. The van der Waals surface area contributed by atoms with E-state index in [0.29, 0.717) is 33.6 Å². The molecule has 0 aliphatic heterocycles. The number of halogens is 2. The molecular formula is C15H15Cl2NO2. The van der Waals surface area contributed by atoms with Gasteiger partial charge in [0.05, 0.1) is 23.9 Å². The van der Waals surface area contributed by atoms with Crippen molar-refractivity contribution in [2.75, 3.05) is 19.0 Å². The number of benzene rings is 2. The maximum absolute atomic E-state index is 10.2. The normalized spacial score (nSPS) is 12.0. The molecule has 0 aliphatic carbocycles. The van der Waals surface area contributed by atoms with E-state index < -0.39 is 6.10 Å². The Balaban J connectivity index is 2.07. The van der Waals surface area contributed by atoms with Gasteiger partial charge < -0.3 is 15.2 Å². The predicted octanol–water partition coefficient (Wildman–Crippen LogP) is 4.15. The molecule has 0 spiro atoms. The second kappa shape index (κ2) is 6.84. The predicted molar refractivity (Wildman–Crippen MR) is 82.9 cm³/mol. The van der Waals surface area contributed by atoms with E-state index in [1.807, 2.05) is 12.1 Å². The second-order valence-corrected chi connectivity index (χ2v) is 5.08. The lowest BCUT2D eigenvalue weighted by atomic mass is 10.1. The van der Waals surface area contributed by atoms with E-state index in [1.54, 1.807) is 37.4 Å². The number of aliphatic hydroxyl groups excluding tert-OH is 1. The molecule has 0 aliphatic rings. The van der Waals surface area contributed by atoms with Gasteiger partial charge in [-0.05, 0) is 18.2 Å². The molecule has 2 N–H and O–H groups in total. The van der Waals surface area contributed by atoms with Gasteiger partial charge in [0, 0.05) is 23.2 Å². The smallest absolute Gasteiger partial charge is 0.121 e. The lowest BCUT2D eigenvalue weighted by Crippen LogP contribution is -2.12. The standard InChI is InChI=1S/C15H15Cl2NO2/c1-20-10-6-7-13(17)14(8-10)18-9-15(19)11-4-2-3-5-12(11)16/h2-8,15,18-19H,9H2,1H3. The van der Waals surface area contributed by atoms with E-state index in [0.717, 1.165) is 0 Å². The lowest BCUT2D eigenvalue weighted by Gasteiger charge is -2.15. The van der Waals surface area contributed by atoms with Crippen LogP contribution in [0.5, 0.6) is 5.75 Å². The summed E-state index contributed by atoms with van der Waals surface area (Å²) in [6.07, 6.45) is -0.717. The Morgan fingerprint density at radius 3 is 2.60 bits per heavy atom. The highest BCUT2D eigenvalue weighted by molar-refractivity contribution is 6.33. The van der Waals surface area contributed by atoms with Crippen LogP contribution in [0, 0.1) is 0 Å². The van der Waals surface area contributed by atoms with Crippen LogP contribution in [0.15, 0.2) is 42.5 Å². The van der Waals surface area contributed by atoms with Crippen molar-refractivity contribution in [1.82, 2.24) is 0 Å². The molecule has 106 valence electrons. The first-order valence-electron chi connectivity index (χ1n) is 6.11. The summed E-state index contributed by atoms with van der Waals surface area (Å²) in [6.45, 7) is 0.302. The third-order valence-electron chi connectivity index (χ3n) is 2.92. The van der Waals surface area contributed by atoms with Gasteiger partial charge in [0.2, 0.25) is 0 Å². The van der Waals surface area contributed by atoms with Crippen LogP contribution in [0.25, 0.3) is 0 Å². The van der Waals surface area contributed by atoms with E-state index >= 15 is 0 Å². The number of anilines is 1. The van der Waals surface area contributed by atoms with Gasteiger partial charge in [-0.2, -0.15) is 0 Å². The molecule has 2 aromatic carbocycles. The molecule has 3 nitrogen and oxygen atoms in total. The monoisotopic (exact) mass is 311 g/mol. The first kappa shape index (κ1) is 15.0. The van der Waals surface area contributed by atoms with Crippen LogP contribution in [0.2, 0.25) is 10.0 Å². The summed E-state index contributed by atoms with van der Waals surface area (Å²) >= 11 is 12.1. The maximum atomic E-state index is 10.2. The number of ether oxygens (including phenoxy) is 1. The van der Waals surface area contributed by atoms with E-state index in [1.165, 1.54) is 0 Å². The minimum absolute atomic E-state index is 0.302. The van der Waals surface area contributed by atoms with Gasteiger partial charge in [0.15, 0.2) is 0 Å². The highest BCUT2D eigenvalue weighted by atomic mass is 35.5. The van der Waals surface area contributed by atoms with Crippen molar-refractivity contribution in [3.63, 3.8) is 0 Å². The van der Waals surface area contributed by atoms with Gasteiger partial charge in [0.1, 0.15) is 5.75 Å². The van der Waals surface area contributed by atoms with E-state index in [4.69, 9.17) is 27.9 Å². The zero-order valence-corrected chi connectivity index (χ0v) is 12.4. The number of hydrogen-bond donors (Lipinski definition) is 2. The van der Waals surface area contributed by atoms with Crippen LogP contribution in [-0.2, 0) is 0 Å². The van der Waals surface area contributed by atoms with Crippen molar-refractivity contribution in [3.05, 3.63) is 58.1 Å². The van der Waals surface area contributed by atoms with Gasteiger partial charge in [-0.1, -0.05) is 41.4 Å². The fourth-order valence-corrected chi connectivity index (χ4v) is 2.27. The summed E-state index contributed by atoms with van der Waals surface area (Å²) in [7, 11) is 1.59. The number of aliphatic hydroxyl groups is 1. The molecule has 2 aromatic rings. The quantitative estimate of drug-likeness (QED) is 0.871. The largest absolute Gasteiger partial charge is 0.497 e. The van der Waals surface area contributed by atoms with Crippen LogP contribution in [-0.4, -0.2) is 18.8 Å². The Kier molecular flexibility index (Phi) is 5.12. The summed E-state index contributed by atoms with van der Waals surface area (Å²) < 4.78 is 5.14. The summed E-state index contributed by atoms with van der Waals surface area (Å²) in [4.78, 5) is 0. The Morgan fingerprint density at radius 2 is 1.90 bits per heavy atom. The zero-order valence-electron chi connectivity index (χ0n) is 10.9.